The number of halogens is 3. The first-order chi connectivity index (χ1) is 6.57. The van der Waals surface area contributed by atoms with Gasteiger partial charge in [-0.2, -0.15) is 5.26 Å². The van der Waals surface area contributed by atoms with Gasteiger partial charge in [0.05, 0.1) is 18.1 Å². The smallest absolute Gasteiger partial charge is 0.195 e. The van der Waals surface area contributed by atoms with Crippen LogP contribution in [0.25, 0.3) is 0 Å². The zero-order chi connectivity index (χ0) is 10.7. The summed E-state index contributed by atoms with van der Waals surface area (Å²) in [6.45, 7) is 0. The van der Waals surface area contributed by atoms with Crippen LogP contribution in [0.3, 0.4) is 0 Å². The van der Waals surface area contributed by atoms with Gasteiger partial charge in [0.2, 0.25) is 0 Å². The summed E-state index contributed by atoms with van der Waals surface area (Å²) in [6, 6.07) is 2.95. The Morgan fingerprint density at radius 1 is 1.29 bits per heavy atom. The van der Waals surface area contributed by atoms with Crippen molar-refractivity contribution in [3.63, 3.8) is 0 Å². The lowest BCUT2D eigenvalue weighted by atomic mass is 10.1. The standard InChI is InChI=1S/C9H4F3NO/c10-6-2-1-5(7(14)3-4-13)8(11)9(6)12/h1-2H,3H2. The van der Waals surface area contributed by atoms with Crippen LogP contribution in [0.2, 0.25) is 0 Å². The molecule has 0 saturated heterocycles. The van der Waals surface area contributed by atoms with Crippen molar-refractivity contribution in [1.29, 1.82) is 5.26 Å². The minimum Gasteiger partial charge on any atom is -0.293 e. The molecule has 0 atom stereocenters. The molecule has 0 N–H and O–H groups in total. The number of carbonyl (C=O) groups is 1. The van der Waals surface area contributed by atoms with Crippen LogP contribution < -0.4 is 0 Å². The van der Waals surface area contributed by atoms with Gasteiger partial charge < -0.3 is 0 Å². The Balaban J connectivity index is 3.19. The first kappa shape index (κ1) is 10.3. The van der Waals surface area contributed by atoms with Crippen LogP contribution in [0.5, 0.6) is 0 Å². The van der Waals surface area contributed by atoms with Crippen molar-refractivity contribution >= 4 is 5.78 Å². The molecule has 14 heavy (non-hydrogen) atoms. The Morgan fingerprint density at radius 3 is 2.50 bits per heavy atom. The predicted molar refractivity (Wildman–Crippen MR) is 40.9 cm³/mol. The zero-order valence-corrected chi connectivity index (χ0v) is 6.85. The Hall–Kier alpha value is -1.83. The lowest BCUT2D eigenvalue weighted by Gasteiger charge is -2.00. The van der Waals surface area contributed by atoms with E-state index < -0.39 is 35.2 Å². The molecule has 0 aliphatic heterocycles. The van der Waals surface area contributed by atoms with E-state index in [1.54, 1.807) is 0 Å². The molecule has 5 heteroatoms. The largest absolute Gasteiger partial charge is 0.293 e. The Morgan fingerprint density at radius 2 is 1.93 bits per heavy atom. The van der Waals surface area contributed by atoms with E-state index in [-0.39, 0.29) is 0 Å². The third-order valence-corrected chi connectivity index (χ3v) is 1.58. The number of hydrogen-bond acceptors (Lipinski definition) is 2. The number of ketones is 1. The SMILES string of the molecule is N#CCC(=O)c1ccc(F)c(F)c1F. The fourth-order valence-corrected chi connectivity index (χ4v) is 0.908. The second-order valence-electron chi connectivity index (χ2n) is 2.48. The van der Waals surface area contributed by atoms with Crippen molar-refractivity contribution < 1.29 is 18.0 Å². The number of Topliss-reactive ketones (excluding diaryl/α,β-unsaturated/α-hetero) is 1. The molecule has 1 rings (SSSR count). The summed E-state index contributed by atoms with van der Waals surface area (Å²) in [7, 11) is 0. The molecule has 0 bridgehead atoms. The summed E-state index contributed by atoms with van der Waals surface area (Å²) in [6.07, 6.45) is -0.567. The average molecular weight is 199 g/mol. The van der Waals surface area contributed by atoms with Crippen molar-refractivity contribution in [2.45, 2.75) is 6.42 Å². The summed E-state index contributed by atoms with van der Waals surface area (Å²) >= 11 is 0. The van der Waals surface area contributed by atoms with Gasteiger partial charge in [-0.25, -0.2) is 13.2 Å². The molecule has 2 nitrogen and oxygen atoms in total. The van der Waals surface area contributed by atoms with Gasteiger partial charge in [0.15, 0.2) is 23.2 Å². The zero-order valence-electron chi connectivity index (χ0n) is 6.85. The summed E-state index contributed by atoms with van der Waals surface area (Å²) < 4.78 is 37.9. The van der Waals surface area contributed by atoms with Crippen molar-refractivity contribution in [3.05, 3.63) is 35.1 Å². The van der Waals surface area contributed by atoms with E-state index in [1.807, 2.05) is 0 Å². The minimum atomic E-state index is -1.70. The number of rotatable bonds is 2. The molecule has 0 spiro atoms. The van der Waals surface area contributed by atoms with E-state index in [2.05, 4.69) is 0 Å². The predicted octanol–water partition coefficient (Wildman–Crippen LogP) is 2.20. The highest BCUT2D eigenvalue weighted by molar-refractivity contribution is 5.97. The van der Waals surface area contributed by atoms with Crippen LogP contribution in [-0.4, -0.2) is 5.78 Å². The molecule has 0 aliphatic rings. The lowest BCUT2D eigenvalue weighted by molar-refractivity contribution is 0.0992. The van der Waals surface area contributed by atoms with Crippen molar-refractivity contribution in [3.8, 4) is 6.07 Å². The maximum absolute atomic E-state index is 12.9. The highest BCUT2D eigenvalue weighted by Crippen LogP contribution is 2.16. The first-order valence-corrected chi connectivity index (χ1v) is 3.61. The Kier molecular flexibility index (Phi) is 2.87. The molecule has 0 fully saturated rings. The molecule has 1 aromatic carbocycles. The number of hydrogen-bond donors (Lipinski definition) is 0. The number of carbonyl (C=O) groups excluding carboxylic acids is 1. The van der Waals surface area contributed by atoms with E-state index in [0.29, 0.717) is 6.07 Å². The van der Waals surface area contributed by atoms with Gasteiger partial charge in [-0.3, -0.25) is 4.79 Å². The first-order valence-electron chi connectivity index (χ1n) is 3.61. The molecule has 0 aromatic heterocycles. The summed E-state index contributed by atoms with van der Waals surface area (Å²) in [5, 5.41) is 8.15. The van der Waals surface area contributed by atoms with E-state index in [0.717, 1.165) is 6.07 Å². The maximum atomic E-state index is 12.9. The normalized spacial score (nSPS) is 9.57. The molecule has 0 saturated carbocycles. The van der Waals surface area contributed by atoms with Crippen LogP contribution >= 0.6 is 0 Å². The van der Waals surface area contributed by atoms with Crippen LogP contribution in [0.15, 0.2) is 12.1 Å². The second kappa shape index (κ2) is 3.92. The van der Waals surface area contributed by atoms with Crippen LogP contribution in [-0.2, 0) is 0 Å². The van der Waals surface area contributed by atoms with Gasteiger partial charge in [0.25, 0.3) is 0 Å². The van der Waals surface area contributed by atoms with Crippen LogP contribution in [0.1, 0.15) is 16.8 Å². The van der Waals surface area contributed by atoms with Gasteiger partial charge in [0, 0.05) is 0 Å². The average Bonchev–Trinajstić information content (AvgIpc) is 2.15. The fraction of sp³-hybridized carbons (Fsp3) is 0.111. The number of nitrogens with zero attached hydrogens (tertiary/aromatic N) is 1. The molecule has 0 amide bonds. The van der Waals surface area contributed by atoms with E-state index in [9.17, 15) is 18.0 Å². The lowest BCUT2D eigenvalue weighted by Crippen LogP contribution is -2.04. The van der Waals surface area contributed by atoms with Gasteiger partial charge >= 0.3 is 0 Å². The third-order valence-electron chi connectivity index (χ3n) is 1.58. The number of benzene rings is 1. The molecular weight excluding hydrogens is 195 g/mol. The molecule has 1 aromatic rings. The molecule has 0 unspecified atom stereocenters. The molecule has 0 aliphatic carbocycles. The van der Waals surface area contributed by atoms with Crippen molar-refractivity contribution in [2.75, 3.05) is 0 Å². The van der Waals surface area contributed by atoms with E-state index in [1.165, 1.54) is 6.07 Å². The van der Waals surface area contributed by atoms with Gasteiger partial charge in [-0.1, -0.05) is 0 Å². The van der Waals surface area contributed by atoms with Crippen molar-refractivity contribution in [2.24, 2.45) is 0 Å². The Labute approximate surface area is 77.6 Å². The molecule has 72 valence electrons. The highest BCUT2D eigenvalue weighted by atomic mass is 19.2. The summed E-state index contributed by atoms with van der Waals surface area (Å²) in [4.78, 5) is 11.0. The summed E-state index contributed by atoms with van der Waals surface area (Å²) in [5.74, 6) is -5.49. The van der Waals surface area contributed by atoms with Crippen LogP contribution in [0, 0.1) is 28.8 Å². The Bertz CT molecular complexity index is 423. The highest BCUT2D eigenvalue weighted by Gasteiger charge is 2.17. The number of nitriles is 1. The van der Waals surface area contributed by atoms with Crippen molar-refractivity contribution in [1.82, 2.24) is 0 Å². The quantitative estimate of drug-likeness (QED) is 0.541. The topological polar surface area (TPSA) is 40.9 Å². The fourth-order valence-electron chi connectivity index (χ4n) is 0.908. The molecule has 0 heterocycles. The minimum absolute atomic E-state index is 0.567. The van der Waals surface area contributed by atoms with Gasteiger partial charge in [0.1, 0.15) is 0 Å². The molecular formula is C9H4F3NO. The summed E-state index contributed by atoms with van der Waals surface area (Å²) in [5.41, 5.74) is -0.606. The molecule has 0 radical (unpaired) electrons. The van der Waals surface area contributed by atoms with Crippen LogP contribution in [0.4, 0.5) is 13.2 Å². The van der Waals surface area contributed by atoms with E-state index in [4.69, 9.17) is 5.26 Å². The van der Waals surface area contributed by atoms with Gasteiger partial charge in [-0.15, -0.1) is 0 Å². The maximum Gasteiger partial charge on any atom is 0.195 e. The second-order valence-corrected chi connectivity index (χ2v) is 2.48. The van der Waals surface area contributed by atoms with E-state index >= 15 is 0 Å². The third kappa shape index (κ3) is 1.74. The monoisotopic (exact) mass is 199 g/mol. The van der Waals surface area contributed by atoms with Gasteiger partial charge in [-0.05, 0) is 12.1 Å².